The number of methoxy groups -OCH3 is 3. The lowest BCUT2D eigenvalue weighted by Gasteiger charge is -2.16. The van der Waals surface area contributed by atoms with E-state index in [0.717, 1.165) is 11.3 Å². The lowest BCUT2D eigenvalue weighted by Crippen LogP contribution is -2.14. The molecule has 0 atom stereocenters. The van der Waals surface area contributed by atoms with Crippen molar-refractivity contribution in [3.8, 4) is 22.9 Å². The van der Waals surface area contributed by atoms with E-state index in [2.05, 4.69) is 20.8 Å². The first kappa shape index (κ1) is 19.2. The number of hydrogen-bond acceptors (Lipinski definition) is 7. The molecule has 0 aliphatic carbocycles. The number of aromatic nitrogens is 4. The number of anilines is 1. The van der Waals surface area contributed by atoms with Crippen molar-refractivity contribution in [3.63, 3.8) is 0 Å². The molecule has 0 saturated carbocycles. The molecular formula is C19H21N5O4. The first-order chi connectivity index (χ1) is 13.5. The molecule has 0 saturated heterocycles. The molecule has 1 heterocycles. The Bertz CT molecular complexity index is 1020. The minimum Gasteiger partial charge on any atom is -0.493 e. The first-order valence-electron chi connectivity index (χ1n) is 8.46. The molecule has 0 unspecified atom stereocenters. The Labute approximate surface area is 162 Å². The molecule has 146 valence electrons. The van der Waals surface area contributed by atoms with E-state index in [9.17, 15) is 4.79 Å². The number of hydrogen-bond donors (Lipinski definition) is 1. The van der Waals surface area contributed by atoms with Crippen LogP contribution in [0.25, 0.3) is 5.69 Å². The van der Waals surface area contributed by atoms with Gasteiger partial charge in [-0.15, -0.1) is 5.10 Å². The lowest BCUT2D eigenvalue weighted by molar-refractivity contribution is 0.102. The molecule has 3 rings (SSSR count). The van der Waals surface area contributed by atoms with Crippen molar-refractivity contribution >= 4 is 11.6 Å². The van der Waals surface area contributed by atoms with Crippen LogP contribution in [0.4, 0.5) is 5.69 Å². The zero-order valence-corrected chi connectivity index (χ0v) is 16.3. The molecule has 3 aromatic rings. The Morgan fingerprint density at radius 1 is 1.00 bits per heavy atom. The minimum atomic E-state index is -0.346. The highest BCUT2D eigenvalue weighted by molar-refractivity contribution is 6.07. The monoisotopic (exact) mass is 383 g/mol. The second-order valence-corrected chi connectivity index (χ2v) is 5.98. The quantitative estimate of drug-likeness (QED) is 0.698. The Morgan fingerprint density at radius 2 is 1.75 bits per heavy atom. The predicted molar refractivity (Wildman–Crippen MR) is 103 cm³/mol. The number of nitrogens with one attached hydrogen (secondary N) is 1. The number of benzene rings is 2. The molecular weight excluding hydrogens is 362 g/mol. The van der Waals surface area contributed by atoms with E-state index in [4.69, 9.17) is 14.2 Å². The van der Waals surface area contributed by atoms with Gasteiger partial charge in [0.2, 0.25) is 5.75 Å². The third kappa shape index (κ3) is 3.46. The largest absolute Gasteiger partial charge is 0.493 e. The van der Waals surface area contributed by atoms with Gasteiger partial charge in [0.25, 0.3) is 5.91 Å². The molecule has 1 aromatic heterocycles. The van der Waals surface area contributed by atoms with Crippen molar-refractivity contribution in [1.29, 1.82) is 0 Å². The van der Waals surface area contributed by atoms with Crippen LogP contribution in [-0.4, -0.2) is 47.4 Å². The van der Waals surface area contributed by atoms with Crippen LogP contribution >= 0.6 is 0 Å². The summed E-state index contributed by atoms with van der Waals surface area (Å²) in [7, 11) is 4.48. The number of carbonyl (C=O) groups excluding carboxylic acids is 1. The molecule has 28 heavy (non-hydrogen) atoms. The highest BCUT2D eigenvalue weighted by atomic mass is 16.5. The maximum Gasteiger partial charge on any atom is 0.259 e. The summed E-state index contributed by atoms with van der Waals surface area (Å²) in [6.45, 7) is 3.75. The fraction of sp³-hybridized carbons (Fsp3) is 0.263. The highest BCUT2D eigenvalue weighted by Gasteiger charge is 2.21. The average Bonchev–Trinajstić information content (AvgIpc) is 3.13. The van der Waals surface area contributed by atoms with Crippen molar-refractivity contribution in [1.82, 2.24) is 20.2 Å². The van der Waals surface area contributed by atoms with Gasteiger partial charge in [0.1, 0.15) is 0 Å². The van der Waals surface area contributed by atoms with Crippen molar-refractivity contribution in [3.05, 3.63) is 47.3 Å². The van der Waals surface area contributed by atoms with E-state index in [1.165, 1.54) is 21.3 Å². The number of aryl methyl sites for hydroxylation is 2. The van der Waals surface area contributed by atoms with Crippen LogP contribution in [-0.2, 0) is 0 Å². The number of amides is 1. The maximum absolute atomic E-state index is 12.9. The van der Waals surface area contributed by atoms with Gasteiger partial charge in [0, 0.05) is 5.69 Å². The lowest BCUT2D eigenvalue weighted by atomic mass is 10.1. The van der Waals surface area contributed by atoms with Gasteiger partial charge in [0.05, 0.1) is 32.6 Å². The van der Waals surface area contributed by atoms with E-state index in [-0.39, 0.29) is 5.91 Å². The van der Waals surface area contributed by atoms with Crippen LogP contribution in [0.2, 0.25) is 0 Å². The highest BCUT2D eigenvalue weighted by Crippen LogP contribution is 2.40. The third-order valence-corrected chi connectivity index (χ3v) is 4.27. The normalized spacial score (nSPS) is 10.5. The number of nitrogens with zero attached hydrogens (tertiary/aromatic N) is 4. The van der Waals surface area contributed by atoms with Crippen LogP contribution in [0.3, 0.4) is 0 Å². The molecule has 0 bridgehead atoms. The molecule has 2 aromatic carbocycles. The summed E-state index contributed by atoms with van der Waals surface area (Å²) >= 11 is 0. The number of carbonyl (C=O) groups is 1. The first-order valence-corrected chi connectivity index (χ1v) is 8.46. The van der Waals surface area contributed by atoms with Gasteiger partial charge >= 0.3 is 0 Å². The van der Waals surface area contributed by atoms with Gasteiger partial charge in [-0.25, -0.2) is 0 Å². The van der Waals surface area contributed by atoms with Crippen molar-refractivity contribution < 1.29 is 19.0 Å². The Kier molecular flexibility index (Phi) is 5.44. The molecule has 0 spiro atoms. The van der Waals surface area contributed by atoms with E-state index in [1.54, 1.807) is 23.7 Å². The summed E-state index contributed by atoms with van der Waals surface area (Å²) in [4.78, 5) is 12.9. The number of ether oxygens (including phenoxy) is 3. The maximum atomic E-state index is 12.9. The molecule has 1 amide bonds. The van der Waals surface area contributed by atoms with Gasteiger partial charge in [-0.1, -0.05) is 6.07 Å². The Morgan fingerprint density at radius 3 is 2.36 bits per heavy atom. The minimum absolute atomic E-state index is 0.294. The second kappa shape index (κ2) is 7.95. The van der Waals surface area contributed by atoms with Crippen molar-refractivity contribution in [2.45, 2.75) is 13.8 Å². The van der Waals surface area contributed by atoms with Crippen molar-refractivity contribution in [2.75, 3.05) is 26.6 Å². The van der Waals surface area contributed by atoms with E-state index in [0.29, 0.717) is 34.3 Å². The predicted octanol–water partition coefficient (Wildman–Crippen LogP) is 2.56. The van der Waals surface area contributed by atoms with E-state index in [1.807, 2.05) is 25.1 Å². The van der Waals surface area contributed by atoms with Crippen LogP contribution in [0.15, 0.2) is 30.3 Å². The van der Waals surface area contributed by atoms with Gasteiger partial charge in [-0.2, -0.15) is 4.68 Å². The zero-order valence-electron chi connectivity index (χ0n) is 16.3. The molecule has 9 heteroatoms. The SMILES string of the molecule is COc1ccc(C(=O)Nc2ccc(C)c(-n3nnnc3C)c2)c(OC)c1OC. The van der Waals surface area contributed by atoms with Gasteiger partial charge in [-0.05, 0) is 54.1 Å². The van der Waals surface area contributed by atoms with Gasteiger partial charge < -0.3 is 19.5 Å². The molecule has 0 fully saturated rings. The van der Waals surface area contributed by atoms with Crippen LogP contribution in [0, 0.1) is 13.8 Å². The summed E-state index contributed by atoms with van der Waals surface area (Å²) in [5, 5.41) is 14.4. The van der Waals surface area contributed by atoms with E-state index < -0.39 is 0 Å². The summed E-state index contributed by atoms with van der Waals surface area (Å²) in [5.41, 5.74) is 2.66. The molecule has 0 aliphatic rings. The van der Waals surface area contributed by atoms with Crippen molar-refractivity contribution in [2.24, 2.45) is 0 Å². The molecule has 9 nitrogen and oxygen atoms in total. The second-order valence-electron chi connectivity index (χ2n) is 5.98. The smallest absolute Gasteiger partial charge is 0.259 e. The summed E-state index contributed by atoms with van der Waals surface area (Å²) in [6.07, 6.45) is 0. The standard InChI is InChI=1S/C19H21N5O4/c1-11-6-7-13(10-15(11)24-12(2)21-22-23-24)20-19(25)14-8-9-16(26-3)18(28-5)17(14)27-4/h6-10H,1-5H3,(H,20,25). The van der Waals surface area contributed by atoms with Crippen LogP contribution < -0.4 is 19.5 Å². The van der Waals surface area contributed by atoms with E-state index >= 15 is 0 Å². The fourth-order valence-corrected chi connectivity index (χ4v) is 2.85. The fourth-order valence-electron chi connectivity index (χ4n) is 2.85. The van der Waals surface area contributed by atoms with Crippen LogP contribution in [0.5, 0.6) is 17.2 Å². The average molecular weight is 383 g/mol. The molecule has 0 aliphatic heterocycles. The van der Waals surface area contributed by atoms with Crippen LogP contribution in [0.1, 0.15) is 21.7 Å². The topological polar surface area (TPSA) is 100 Å². The third-order valence-electron chi connectivity index (χ3n) is 4.27. The van der Waals surface area contributed by atoms with Gasteiger partial charge in [-0.3, -0.25) is 4.79 Å². The summed E-state index contributed by atoms with van der Waals surface area (Å²) in [6, 6.07) is 8.78. The molecule has 0 radical (unpaired) electrons. The zero-order chi connectivity index (χ0) is 20.3. The summed E-state index contributed by atoms with van der Waals surface area (Å²) < 4.78 is 17.6. The Balaban J connectivity index is 1.95. The summed E-state index contributed by atoms with van der Waals surface area (Å²) in [5.74, 6) is 1.42. The number of rotatable bonds is 6. The number of tetrazole rings is 1. The Hall–Kier alpha value is -3.62. The van der Waals surface area contributed by atoms with Gasteiger partial charge in [0.15, 0.2) is 17.3 Å². The molecule has 1 N–H and O–H groups in total.